The van der Waals surface area contributed by atoms with E-state index in [1.165, 1.54) is 6.42 Å². The van der Waals surface area contributed by atoms with Crippen molar-refractivity contribution < 1.29 is 9.59 Å². The maximum Gasteiger partial charge on any atom is 0.330 e. The number of fused-ring (bicyclic) bond motifs is 1. The molecule has 0 radical (unpaired) electrons. The second kappa shape index (κ2) is 2.90. The standard InChI is InChI=1S/C8H13N3O2/c9-8(13)11-10-7(12)6-2-4-1-5(4)3-6/h4-6H,1-3H2,(H,10,12)(H3,9,11,13). The second-order valence-electron chi connectivity index (χ2n) is 3.90. The van der Waals surface area contributed by atoms with Crippen LogP contribution in [-0.2, 0) is 4.79 Å². The number of hydrogen-bond donors (Lipinski definition) is 3. The Bertz CT molecular complexity index is 244. The number of amides is 3. The highest BCUT2D eigenvalue weighted by molar-refractivity contribution is 5.82. The topological polar surface area (TPSA) is 84.2 Å². The fraction of sp³-hybridized carbons (Fsp3) is 0.750. The third kappa shape index (κ3) is 1.74. The van der Waals surface area contributed by atoms with E-state index in [1.807, 2.05) is 0 Å². The summed E-state index contributed by atoms with van der Waals surface area (Å²) in [5.74, 6) is 1.51. The summed E-state index contributed by atoms with van der Waals surface area (Å²) in [5, 5.41) is 0. The number of nitrogens with two attached hydrogens (primary N) is 1. The fourth-order valence-corrected chi connectivity index (χ4v) is 2.15. The van der Waals surface area contributed by atoms with Gasteiger partial charge in [0.2, 0.25) is 5.91 Å². The third-order valence-electron chi connectivity index (χ3n) is 2.92. The van der Waals surface area contributed by atoms with Gasteiger partial charge in [0.05, 0.1) is 0 Å². The monoisotopic (exact) mass is 183 g/mol. The predicted octanol–water partition coefficient (Wildman–Crippen LogP) is -0.268. The van der Waals surface area contributed by atoms with Gasteiger partial charge in [-0.05, 0) is 31.1 Å². The number of primary amides is 1. The summed E-state index contributed by atoms with van der Waals surface area (Å²) < 4.78 is 0. The normalized spacial score (nSPS) is 34.9. The van der Waals surface area contributed by atoms with Crippen molar-refractivity contribution in [1.82, 2.24) is 10.9 Å². The molecular formula is C8H13N3O2. The van der Waals surface area contributed by atoms with Crippen molar-refractivity contribution in [1.29, 1.82) is 0 Å². The van der Waals surface area contributed by atoms with E-state index in [4.69, 9.17) is 5.73 Å². The number of nitrogens with one attached hydrogen (secondary N) is 2. The molecule has 72 valence electrons. The third-order valence-corrected chi connectivity index (χ3v) is 2.92. The molecule has 4 N–H and O–H groups in total. The van der Waals surface area contributed by atoms with Gasteiger partial charge < -0.3 is 5.73 Å². The zero-order valence-electron chi connectivity index (χ0n) is 7.25. The van der Waals surface area contributed by atoms with E-state index in [0.29, 0.717) is 0 Å². The lowest BCUT2D eigenvalue weighted by Crippen LogP contribution is -2.46. The minimum Gasteiger partial charge on any atom is -0.350 e. The molecule has 3 amide bonds. The van der Waals surface area contributed by atoms with Crippen molar-refractivity contribution in [2.24, 2.45) is 23.5 Å². The Balaban J connectivity index is 1.74. The van der Waals surface area contributed by atoms with E-state index in [2.05, 4.69) is 10.9 Å². The van der Waals surface area contributed by atoms with Crippen LogP contribution < -0.4 is 16.6 Å². The smallest absolute Gasteiger partial charge is 0.330 e. The van der Waals surface area contributed by atoms with Gasteiger partial charge >= 0.3 is 6.03 Å². The van der Waals surface area contributed by atoms with Gasteiger partial charge in [-0.1, -0.05) is 0 Å². The predicted molar refractivity (Wildman–Crippen MR) is 45.2 cm³/mol. The molecule has 2 unspecified atom stereocenters. The zero-order valence-corrected chi connectivity index (χ0v) is 7.25. The summed E-state index contributed by atoms with van der Waals surface area (Å²) in [5.41, 5.74) is 9.20. The molecular weight excluding hydrogens is 170 g/mol. The van der Waals surface area contributed by atoms with E-state index in [1.54, 1.807) is 0 Å². The Morgan fingerprint density at radius 3 is 2.23 bits per heavy atom. The van der Waals surface area contributed by atoms with Crippen LogP contribution in [0.4, 0.5) is 4.79 Å². The van der Waals surface area contributed by atoms with Crippen molar-refractivity contribution in [3.63, 3.8) is 0 Å². The van der Waals surface area contributed by atoms with Crippen LogP contribution in [0.1, 0.15) is 19.3 Å². The van der Waals surface area contributed by atoms with Crippen molar-refractivity contribution in [3.05, 3.63) is 0 Å². The molecule has 0 heterocycles. The van der Waals surface area contributed by atoms with Crippen LogP contribution in [0.25, 0.3) is 0 Å². The first-order valence-corrected chi connectivity index (χ1v) is 4.52. The number of carbonyl (C=O) groups is 2. The lowest BCUT2D eigenvalue weighted by Gasteiger charge is -2.11. The first-order chi connectivity index (χ1) is 6.16. The SMILES string of the molecule is NC(=O)NNC(=O)C1CC2CC2C1. The average Bonchev–Trinajstić information content (AvgIpc) is 2.69. The maximum atomic E-state index is 11.3. The van der Waals surface area contributed by atoms with Gasteiger partial charge in [0.1, 0.15) is 0 Å². The fourth-order valence-electron chi connectivity index (χ4n) is 2.15. The molecule has 2 aliphatic carbocycles. The van der Waals surface area contributed by atoms with Gasteiger partial charge in [-0.2, -0.15) is 0 Å². The summed E-state index contributed by atoms with van der Waals surface area (Å²) in [6.45, 7) is 0. The number of hydrogen-bond acceptors (Lipinski definition) is 2. The van der Waals surface area contributed by atoms with Crippen LogP contribution >= 0.6 is 0 Å². The molecule has 0 aromatic carbocycles. The molecule has 5 nitrogen and oxygen atoms in total. The number of hydrazine groups is 1. The van der Waals surface area contributed by atoms with Gasteiger partial charge in [-0.15, -0.1) is 0 Å². The largest absolute Gasteiger partial charge is 0.350 e. The van der Waals surface area contributed by atoms with Crippen LogP contribution in [0, 0.1) is 17.8 Å². The molecule has 0 aromatic heterocycles. The molecule has 13 heavy (non-hydrogen) atoms. The lowest BCUT2D eigenvalue weighted by atomic mass is 10.0. The minimum atomic E-state index is -0.725. The van der Waals surface area contributed by atoms with Crippen molar-refractivity contribution >= 4 is 11.9 Å². The minimum absolute atomic E-state index is 0.0793. The van der Waals surface area contributed by atoms with Crippen LogP contribution in [0.3, 0.4) is 0 Å². The molecule has 5 heteroatoms. The number of carbonyl (C=O) groups excluding carboxylic acids is 2. The zero-order chi connectivity index (χ0) is 9.42. The first kappa shape index (κ1) is 8.34. The van der Waals surface area contributed by atoms with Crippen LogP contribution in [-0.4, -0.2) is 11.9 Å². The maximum absolute atomic E-state index is 11.3. The highest BCUT2D eigenvalue weighted by Crippen LogP contribution is 2.54. The van der Waals surface area contributed by atoms with Gasteiger partial charge in [0.25, 0.3) is 0 Å². The molecule has 2 rings (SSSR count). The van der Waals surface area contributed by atoms with Crippen molar-refractivity contribution in [2.45, 2.75) is 19.3 Å². The van der Waals surface area contributed by atoms with Gasteiger partial charge in [-0.3, -0.25) is 10.2 Å². The summed E-state index contributed by atoms with van der Waals surface area (Å²) in [4.78, 5) is 21.6. The van der Waals surface area contributed by atoms with E-state index in [0.717, 1.165) is 24.7 Å². The molecule has 0 bridgehead atoms. The van der Waals surface area contributed by atoms with E-state index >= 15 is 0 Å². The molecule has 2 fully saturated rings. The summed E-state index contributed by atoms with van der Waals surface area (Å²) >= 11 is 0. The van der Waals surface area contributed by atoms with Gasteiger partial charge in [0, 0.05) is 5.92 Å². The van der Waals surface area contributed by atoms with E-state index in [9.17, 15) is 9.59 Å². The van der Waals surface area contributed by atoms with E-state index in [-0.39, 0.29) is 11.8 Å². The average molecular weight is 183 g/mol. The summed E-state index contributed by atoms with van der Waals surface area (Å²) in [6, 6.07) is -0.725. The number of rotatable bonds is 1. The summed E-state index contributed by atoms with van der Waals surface area (Å²) in [6.07, 6.45) is 3.22. The molecule has 2 saturated carbocycles. The van der Waals surface area contributed by atoms with Gasteiger partial charge in [0.15, 0.2) is 0 Å². The molecule has 0 aliphatic heterocycles. The van der Waals surface area contributed by atoms with Gasteiger partial charge in [-0.25, -0.2) is 10.2 Å². The quantitative estimate of drug-likeness (QED) is 0.489. The van der Waals surface area contributed by atoms with Crippen molar-refractivity contribution in [3.8, 4) is 0 Å². The Morgan fingerprint density at radius 1 is 1.08 bits per heavy atom. The first-order valence-electron chi connectivity index (χ1n) is 4.52. The van der Waals surface area contributed by atoms with Crippen LogP contribution in [0.2, 0.25) is 0 Å². The number of urea groups is 1. The van der Waals surface area contributed by atoms with Crippen LogP contribution in [0.5, 0.6) is 0 Å². The second-order valence-corrected chi connectivity index (χ2v) is 3.90. The molecule has 2 atom stereocenters. The Labute approximate surface area is 76.0 Å². The van der Waals surface area contributed by atoms with Crippen molar-refractivity contribution in [2.75, 3.05) is 0 Å². The lowest BCUT2D eigenvalue weighted by molar-refractivity contribution is -0.125. The Morgan fingerprint density at radius 2 is 1.69 bits per heavy atom. The highest BCUT2D eigenvalue weighted by atomic mass is 16.2. The molecule has 0 saturated heterocycles. The highest BCUT2D eigenvalue weighted by Gasteiger charge is 2.47. The molecule has 2 aliphatic rings. The molecule has 0 aromatic rings. The van der Waals surface area contributed by atoms with Crippen LogP contribution in [0.15, 0.2) is 0 Å². The summed E-state index contributed by atoms with van der Waals surface area (Å²) in [7, 11) is 0. The molecule has 0 spiro atoms. The Kier molecular flexibility index (Phi) is 1.86. The Hall–Kier alpha value is -1.26. The van der Waals surface area contributed by atoms with E-state index < -0.39 is 6.03 Å².